The lowest BCUT2D eigenvalue weighted by Crippen LogP contribution is -2.16. The SMILES string of the molecule is COc1cc(C=NOCC(N)=O)ccc1OC(F)F. The summed E-state index contributed by atoms with van der Waals surface area (Å²) in [6.45, 7) is -3.28. The summed E-state index contributed by atoms with van der Waals surface area (Å²) in [5.41, 5.74) is 5.35. The number of nitrogens with zero attached hydrogens (tertiary/aromatic N) is 1. The van der Waals surface area contributed by atoms with Crippen LogP contribution in [-0.4, -0.2) is 32.4 Å². The first-order valence-corrected chi connectivity index (χ1v) is 5.09. The molecule has 1 amide bonds. The number of primary amides is 1. The van der Waals surface area contributed by atoms with Gasteiger partial charge in [-0.2, -0.15) is 8.78 Å². The first-order chi connectivity index (χ1) is 9.02. The lowest BCUT2D eigenvalue weighted by molar-refractivity contribution is -0.122. The second-order valence-electron chi connectivity index (χ2n) is 3.26. The topological polar surface area (TPSA) is 83.1 Å². The van der Waals surface area contributed by atoms with Gasteiger partial charge in [0, 0.05) is 5.56 Å². The molecule has 0 aliphatic carbocycles. The average Bonchev–Trinajstić information content (AvgIpc) is 2.35. The number of hydrogen-bond donors (Lipinski definition) is 1. The molecule has 1 aromatic rings. The Morgan fingerprint density at radius 2 is 2.21 bits per heavy atom. The number of methoxy groups -OCH3 is 1. The van der Waals surface area contributed by atoms with Crippen LogP contribution < -0.4 is 15.2 Å². The van der Waals surface area contributed by atoms with Gasteiger partial charge in [-0.15, -0.1) is 0 Å². The molecular weight excluding hydrogens is 262 g/mol. The highest BCUT2D eigenvalue weighted by Crippen LogP contribution is 2.28. The zero-order valence-corrected chi connectivity index (χ0v) is 10.0. The summed E-state index contributed by atoms with van der Waals surface area (Å²) in [6, 6.07) is 4.20. The fourth-order valence-corrected chi connectivity index (χ4v) is 1.16. The summed E-state index contributed by atoms with van der Waals surface area (Å²) in [5, 5.41) is 3.48. The first-order valence-electron chi connectivity index (χ1n) is 5.09. The number of benzene rings is 1. The number of ether oxygens (including phenoxy) is 2. The normalized spacial score (nSPS) is 10.7. The molecule has 19 heavy (non-hydrogen) atoms. The van der Waals surface area contributed by atoms with Crippen molar-refractivity contribution >= 4 is 12.1 Å². The molecule has 0 saturated heterocycles. The van der Waals surface area contributed by atoms with E-state index >= 15 is 0 Å². The number of alkyl halides is 2. The Balaban J connectivity index is 2.73. The van der Waals surface area contributed by atoms with Crippen LogP contribution in [0.5, 0.6) is 11.5 Å². The van der Waals surface area contributed by atoms with Gasteiger partial charge in [-0.05, 0) is 18.2 Å². The van der Waals surface area contributed by atoms with E-state index in [0.29, 0.717) is 5.56 Å². The van der Waals surface area contributed by atoms with E-state index in [0.717, 1.165) is 0 Å². The number of oxime groups is 1. The van der Waals surface area contributed by atoms with Crippen LogP contribution in [0, 0.1) is 0 Å². The molecule has 2 N–H and O–H groups in total. The van der Waals surface area contributed by atoms with Gasteiger partial charge in [0.15, 0.2) is 18.1 Å². The van der Waals surface area contributed by atoms with Gasteiger partial charge in [0.1, 0.15) is 0 Å². The van der Waals surface area contributed by atoms with E-state index < -0.39 is 12.5 Å². The minimum absolute atomic E-state index is 0.0901. The third-order valence-electron chi connectivity index (χ3n) is 1.89. The highest BCUT2D eigenvalue weighted by Gasteiger charge is 2.10. The third-order valence-corrected chi connectivity index (χ3v) is 1.89. The van der Waals surface area contributed by atoms with E-state index in [4.69, 9.17) is 10.5 Å². The number of amides is 1. The van der Waals surface area contributed by atoms with Crippen molar-refractivity contribution in [3.05, 3.63) is 23.8 Å². The van der Waals surface area contributed by atoms with E-state index in [9.17, 15) is 13.6 Å². The number of carbonyl (C=O) groups excluding carboxylic acids is 1. The number of carbonyl (C=O) groups is 1. The number of nitrogens with two attached hydrogens (primary N) is 1. The molecule has 1 rings (SSSR count). The summed E-state index contributed by atoms with van der Waals surface area (Å²) in [5.74, 6) is -0.623. The van der Waals surface area contributed by atoms with E-state index in [2.05, 4.69) is 14.7 Å². The molecule has 1 aromatic carbocycles. The van der Waals surface area contributed by atoms with Gasteiger partial charge in [-0.25, -0.2) is 0 Å². The van der Waals surface area contributed by atoms with Gasteiger partial charge in [0.2, 0.25) is 0 Å². The van der Waals surface area contributed by atoms with E-state index in [1.54, 1.807) is 0 Å². The van der Waals surface area contributed by atoms with Crippen LogP contribution >= 0.6 is 0 Å². The highest BCUT2D eigenvalue weighted by atomic mass is 19.3. The molecule has 8 heteroatoms. The van der Waals surface area contributed by atoms with Gasteiger partial charge in [-0.3, -0.25) is 4.79 Å². The van der Waals surface area contributed by atoms with Crippen LogP contribution in [0.15, 0.2) is 23.4 Å². The van der Waals surface area contributed by atoms with E-state index in [-0.39, 0.29) is 18.1 Å². The van der Waals surface area contributed by atoms with Crippen LogP contribution in [0.3, 0.4) is 0 Å². The molecule has 0 aliphatic rings. The van der Waals surface area contributed by atoms with Crippen molar-refractivity contribution in [1.29, 1.82) is 0 Å². The van der Waals surface area contributed by atoms with Crippen molar-refractivity contribution in [2.75, 3.05) is 13.7 Å². The molecule has 104 valence electrons. The lowest BCUT2D eigenvalue weighted by Gasteiger charge is -2.09. The molecule has 0 radical (unpaired) electrons. The second-order valence-corrected chi connectivity index (χ2v) is 3.26. The maximum Gasteiger partial charge on any atom is 0.387 e. The quantitative estimate of drug-likeness (QED) is 0.597. The standard InChI is InChI=1S/C11H12F2N2O4/c1-17-9-4-7(5-15-18-6-10(14)16)2-3-8(9)19-11(12)13/h2-5,11H,6H2,1H3,(H2,14,16). The van der Waals surface area contributed by atoms with Gasteiger partial charge in [0.25, 0.3) is 5.91 Å². The molecule has 0 saturated carbocycles. The Hall–Kier alpha value is -2.38. The van der Waals surface area contributed by atoms with Crippen molar-refractivity contribution < 1.29 is 27.9 Å². The predicted molar refractivity (Wildman–Crippen MR) is 62.4 cm³/mol. The predicted octanol–water partition coefficient (Wildman–Crippen LogP) is 1.13. The highest BCUT2D eigenvalue weighted by molar-refractivity contribution is 5.80. The first kappa shape index (κ1) is 14.7. The van der Waals surface area contributed by atoms with Crippen LogP contribution in [-0.2, 0) is 9.63 Å². The molecule has 0 aromatic heterocycles. The molecule has 6 nitrogen and oxygen atoms in total. The average molecular weight is 274 g/mol. The van der Waals surface area contributed by atoms with Crippen molar-refractivity contribution in [2.45, 2.75) is 6.61 Å². The summed E-state index contributed by atoms with van der Waals surface area (Å²) in [7, 11) is 1.32. The summed E-state index contributed by atoms with van der Waals surface area (Å²) in [4.78, 5) is 14.9. The minimum Gasteiger partial charge on any atom is -0.493 e. The molecule has 0 unspecified atom stereocenters. The number of hydrogen-bond acceptors (Lipinski definition) is 5. The maximum absolute atomic E-state index is 12.1. The van der Waals surface area contributed by atoms with Crippen molar-refractivity contribution in [3.8, 4) is 11.5 Å². The largest absolute Gasteiger partial charge is 0.493 e. The Labute approximate surface area is 107 Å². The third kappa shape index (κ3) is 5.19. The van der Waals surface area contributed by atoms with Gasteiger partial charge >= 0.3 is 6.61 Å². The Morgan fingerprint density at radius 1 is 1.47 bits per heavy atom. The zero-order chi connectivity index (χ0) is 14.3. The van der Waals surface area contributed by atoms with Crippen molar-refractivity contribution in [2.24, 2.45) is 10.9 Å². The van der Waals surface area contributed by atoms with Gasteiger partial charge in [0.05, 0.1) is 13.3 Å². The molecule has 0 spiro atoms. The molecule has 0 fully saturated rings. The Bertz CT molecular complexity index is 466. The number of halogens is 2. The lowest BCUT2D eigenvalue weighted by atomic mass is 10.2. The van der Waals surface area contributed by atoms with Crippen molar-refractivity contribution in [3.63, 3.8) is 0 Å². The van der Waals surface area contributed by atoms with Crippen LogP contribution in [0.1, 0.15) is 5.56 Å². The monoisotopic (exact) mass is 274 g/mol. The number of rotatable bonds is 7. The summed E-state index contributed by atoms with van der Waals surface area (Å²) < 4.78 is 33.3. The molecular formula is C11H12F2N2O4. The smallest absolute Gasteiger partial charge is 0.387 e. The van der Waals surface area contributed by atoms with Crippen LogP contribution in [0.25, 0.3) is 0 Å². The zero-order valence-electron chi connectivity index (χ0n) is 10.0. The van der Waals surface area contributed by atoms with Crippen molar-refractivity contribution in [1.82, 2.24) is 0 Å². The molecule has 0 atom stereocenters. The fraction of sp³-hybridized carbons (Fsp3) is 0.273. The van der Waals surface area contributed by atoms with Gasteiger partial charge in [-0.1, -0.05) is 5.16 Å². The molecule has 0 heterocycles. The van der Waals surface area contributed by atoms with E-state index in [1.165, 1.54) is 31.5 Å². The summed E-state index contributed by atoms with van der Waals surface area (Å²) >= 11 is 0. The molecule has 0 aliphatic heterocycles. The van der Waals surface area contributed by atoms with Gasteiger partial charge < -0.3 is 20.0 Å². The van der Waals surface area contributed by atoms with E-state index in [1.807, 2.05) is 0 Å². The Kier molecular flexibility index (Phi) is 5.52. The van der Waals surface area contributed by atoms with Crippen LogP contribution in [0.2, 0.25) is 0 Å². The van der Waals surface area contributed by atoms with Crippen LogP contribution in [0.4, 0.5) is 8.78 Å². The minimum atomic E-state index is -2.94. The molecule has 0 bridgehead atoms. The maximum atomic E-state index is 12.1. The fourth-order valence-electron chi connectivity index (χ4n) is 1.16. The second kappa shape index (κ2) is 7.14. The Morgan fingerprint density at radius 3 is 2.79 bits per heavy atom. The summed E-state index contributed by atoms with van der Waals surface area (Å²) in [6.07, 6.45) is 1.28.